The number of rotatable bonds is 4. The molecule has 1 aromatic carbocycles. The van der Waals surface area contributed by atoms with Crippen LogP contribution in [0.15, 0.2) is 24.3 Å². The van der Waals surface area contributed by atoms with Gasteiger partial charge in [-0.1, -0.05) is 12.5 Å². The molecule has 0 bridgehead atoms. The van der Waals surface area contributed by atoms with E-state index in [1.165, 1.54) is 24.9 Å². The number of piperidine rings is 1. The fourth-order valence-electron chi connectivity index (χ4n) is 2.36. The second-order valence-electron chi connectivity index (χ2n) is 4.73. The molecule has 1 aromatic rings. The second-order valence-corrected chi connectivity index (χ2v) is 4.73. The SMILES string of the molecule is COc1cccc(N(C)CC2CCCCN2)c1. The second kappa shape index (κ2) is 5.92. The summed E-state index contributed by atoms with van der Waals surface area (Å²) >= 11 is 0. The Morgan fingerprint density at radius 1 is 1.41 bits per heavy atom. The van der Waals surface area contributed by atoms with Crippen LogP contribution in [0.2, 0.25) is 0 Å². The molecule has 1 aliphatic heterocycles. The molecule has 17 heavy (non-hydrogen) atoms. The summed E-state index contributed by atoms with van der Waals surface area (Å²) in [6.07, 6.45) is 3.96. The zero-order chi connectivity index (χ0) is 12.1. The molecule has 0 aliphatic carbocycles. The highest BCUT2D eigenvalue weighted by atomic mass is 16.5. The van der Waals surface area contributed by atoms with Gasteiger partial charge in [0.2, 0.25) is 0 Å². The lowest BCUT2D eigenvalue weighted by Crippen LogP contribution is -2.42. The van der Waals surface area contributed by atoms with Crippen molar-refractivity contribution in [3.05, 3.63) is 24.3 Å². The normalized spacial score (nSPS) is 20.0. The molecule has 1 fully saturated rings. The van der Waals surface area contributed by atoms with E-state index < -0.39 is 0 Å². The topological polar surface area (TPSA) is 24.5 Å². The molecule has 3 heteroatoms. The van der Waals surface area contributed by atoms with Crippen molar-refractivity contribution in [3.8, 4) is 5.75 Å². The van der Waals surface area contributed by atoms with E-state index in [0.29, 0.717) is 6.04 Å². The number of benzene rings is 1. The third kappa shape index (κ3) is 3.37. The molecule has 1 unspecified atom stereocenters. The molecule has 0 aromatic heterocycles. The molecule has 0 spiro atoms. The van der Waals surface area contributed by atoms with Crippen molar-refractivity contribution >= 4 is 5.69 Å². The molecule has 3 nitrogen and oxygen atoms in total. The first-order valence-corrected chi connectivity index (χ1v) is 6.38. The number of methoxy groups -OCH3 is 1. The lowest BCUT2D eigenvalue weighted by atomic mass is 10.0. The van der Waals surface area contributed by atoms with E-state index in [1.54, 1.807) is 7.11 Å². The maximum atomic E-state index is 5.25. The Labute approximate surface area is 104 Å². The van der Waals surface area contributed by atoms with Crippen LogP contribution in [0, 0.1) is 0 Å². The van der Waals surface area contributed by atoms with Crippen LogP contribution in [0.3, 0.4) is 0 Å². The van der Waals surface area contributed by atoms with Crippen molar-refractivity contribution in [1.82, 2.24) is 5.32 Å². The fourth-order valence-corrected chi connectivity index (χ4v) is 2.36. The Morgan fingerprint density at radius 2 is 2.29 bits per heavy atom. The van der Waals surface area contributed by atoms with E-state index in [1.807, 2.05) is 12.1 Å². The van der Waals surface area contributed by atoms with E-state index >= 15 is 0 Å². The molecule has 1 saturated heterocycles. The van der Waals surface area contributed by atoms with Gasteiger partial charge in [0.15, 0.2) is 0 Å². The molecule has 94 valence electrons. The molecule has 0 amide bonds. The number of hydrogen-bond donors (Lipinski definition) is 1. The summed E-state index contributed by atoms with van der Waals surface area (Å²) in [6, 6.07) is 8.86. The van der Waals surface area contributed by atoms with Crippen LogP contribution in [-0.4, -0.2) is 33.3 Å². The Bertz CT molecular complexity index is 348. The van der Waals surface area contributed by atoms with Gasteiger partial charge < -0.3 is 15.0 Å². The van der Waals surface area contributed by atoms with Crippen LogP contribution in [0.4, 0.5) is 5.69 Å². The van der Waals surface area contributed by atoms with Crippen molar-refractivity contribution in [2.24, 2.45) is 0 Å². The fraction of sp³-hybridized carbons (Fsp3) is 0.571. The lowest BCUT2D eigenvalue weighted by Gasteiger charge is -2.29. The van der Waals surface area contributed by atoms with E-state index in [9.17, 15) is 0 Å². The summed E-state index contributed by atoms with van der Waals surface area (Å²) in [5, 5.41) is 3.58. The number of nitrogens with one attached hydrogen (secondary N) is 1. The predicted molar refractivity (Wildman–Crippen MR) is 71.9 cm³/mol. The summed E-state index contributed by atoms with van der Waals surface area (Å²) in [5.41, 5.74) is 1.22. The van der Waals surface area contributed by atoms with Crippen LogP contribution in [0.25, 0.3) is 0 Å². The molecule has 1 N–H and O–H groups in total. The van der Waals surface area contributed by atoms with E-state index in [4.69, 9.17) is 4.74 Å². The quantitative estimate of drug-likeness (QED) is 0.865. The number of nitrogens with zero attached hydrogens (tertiary/aromatic N) is 1. The van der Waals surface area contributed by atoms with E-state index in [0.717, 1.165) is 18.8 Å². The third-order valence-corrected chi connectivity index (χ3v) is 3.40. The first-order chi connectivity index (χ1) is 8.29. The van der Waals surface area contributed by atoms with Gasteiger partial charge in [0.05, 0.1) is 7.11 Å². The maximum Gasteiger partial charge on any atom is 0.120 e. The Kier molecular flexibility index (Phi) is 4.26. The van der Waals surface area contributed by atoms with Crippen molar-refractivity contribution < 1.29 is 4.74 Å². The van der Waals surface area contributed by atoms with Crippen molar-refractivity contribution in [3.63, 3.8) is 0 Å². The summed E-state index contributed by atoms with van der Waals surface area (Å²) in [4.78, 5) is 2.30. The van der Waals surface area contributed by atoms with Gasteiger partial charge in [0.1, 0.15) is 5.75 Å². The highest BCUT2D eigenvalue weighted by molar-refractivity contribution is 5.50. The van der Waals surface area contributed by atoms with Gasteiger partial charge in [-0.2, -0.15) is 0 Å². The summed E-state index contributed by atoms with van der Waals surface area (Å²) in [6.45, 7) is 2.23. The number of anilines is 1. The minimum absolute atomic E-state index is 0.625. The van der Waals surface area contributed by atoms with Crippen LogP contribution in [0.1, 0.15) is 19.3 Å². The molecule has 2 rings (SSSR count). The van der Waals surface area contributed by atoms with Crippen LogP contribution in [-0.2, 0) is 0 Å². The van der Waals surface area contributed by atoms with Gasteiger partial charge >= 0.3 is 0 Å². The minimum Gasteiger partial charge on any atom is -0.497 e. The zero-order valence-electron chi connectivity index (χ0n) is 10.8. The van der Waals surface area contributed by atoms with Crippen LogP contribution >= 0.6 is 0 Å². The van der Waals surface area contributed by atoms with Gasteiger partial charge in [0, 0.05) is 31.4 Å². The van der Waals surface area contributed by atoms with Crippen molar-refractivity contribution in [2.45, 2.75) is 25.3 Å². The highest BCUT2D eigenvalue weighted by Crippen LogP contribution is 2.20. The molecule has 0 radical (unpaired) electrons. The first-order valence-electron chi connectivity index (χ1n) is 6.38. The van der Waals surface area contributed by atoms with Crippen LogP contribution in [0.5, 0.6) is 5.75 Å². The minimum atomic E-state index is 0.625. The monoisotopic (exact) mass is 234 g/mol. The highest BCUT2D eigenvalue weighted by Gasteiger charge is 2.14. The average molecular weight is 234 g/mol. The number of ether oxygens (including phenoxy) is 1. The summed E-state index contributed by atoms with van der Waals surface area (Å²) in [7, 11) is 3.85. The van der Waals surface area contributed by atoms with E-state index in [2.05, 4.69) is 29.4 Å². The molecule has 0 saturated carbocycles. The lowest BCUT2D eigenvalue weighted by molar-refractivity contribution is 0.402. The Hall–Kier alpha value is -1.22. The number of likely N-dealkylation sites (N-methyl/N-ethyl adjacent to an activating group) is 1. The molecule has 1 aliphatic rings. The molecular formula is C14H22N2O. The molecule has 1 atom stereocenters. The van der Waals surface area contributed by atoms with E-state index in [-0.39, 0.29) is 0 Å². The predicted octanol–water partition coefficient (Wildman–Crippen LogP) is 2.27. The zero-order valence-corrected chi connectivity index (χ0v) is 10.8. The number of hydrogen-bond acceptors (Lipinski definition) is 3. The van der Waals surface area contributed by atoms with Gasteiger partial charge in [-0.05, 0) is 31.5 Å². The smallest absolute Gasteiger partial charge is 0.120 e. The van der Waals surface area contributed by atoms with Crippen molar-refractivity contribution in [1.29, 1.82) is 0 Å². The van der Waals surface area contributed by atoms with Gasteiger partial charge in [-0.15, -0.1) is 0 Å². The molecule has 1 heterocycles. The summed E-state index contributed by atoms with van der Waals surface area (Å²) in [5.74, 6) is 0.922. The van der Waals surface area contributed by atoms with Crippen molar-refractivity contribution in [2.75, 3.05) is 32.1 Å². The standard InChI is InChI=1S/C14H22N2O/c1-16(11-12-6-3-4-9-15-12)13-7-5-8-14(10-13)17-2/h5,7-8,10,12,15H,3-4,6,9,11H2,1-2H3. The average Bonchev–Trinajstić information content (AvgIpc) is 2.40. The maximum absolute atomic E-state index is 5.25. The van der Waals surface area contributed by atoms with Crippen LogP contribution < -0.4 is 15.0 Å². The Morgan fingerprint density at radius 3 is 3.00 bits per heavy atom. The van der Waals surface area contributed by atoms with Gasteiger partial charge in [-0.25, -0.2) is 0 Å². The molecular weight excluding hydrogens is 212 g/mol. The Balaban J connectivity index is 1.95. The van der Waals surface area contributed by atoms with Gasteiger partial charge in [0.25, 0.3) is 0 Å². The summed E-state index contributed by atoms with van der Waals surface area (Å²) < 4.78 is 5.25. The third-order valence-electron chi connectivity index (χ3n) is 3.40. The van der Waals surface area contributed by atoms with Gasteiger partial charge in [-0.3, -0.25) is 0 Å². The first kappa shape index (κ1) is 12.2. The largest absolute Gasteiger partial charge is 0.497 e.